The fraction of sp³-hybridized carbons (Fsp3) is 0.133. The van der Waals surface area contributed by atoms with Crippen LogP contribution in [0.2, 0.25) is 10.0 Å². The zero-order valence-corrected chi connectivity index (χ0v) is 13.3. The van der Waals surface area contributed by atoms with Crippen molar-refractivity contribution in [3.05, 3.63) is 51.8 Å². The van der Waals surface area contributed by atoms with Gasteiger partial charge < -0.3 is 14.8 Å². The van der Waals surface area contributed by atoms with Crippen LogP contribution in [0.3, 0.4) is 0 Å². The molecule has 0 aromatic heterocycles. The van der Waals surface area contributed by atoms with Crippen molar-refractivity contribution in [2.75, 3.05) is 19.5 Å². The largest absolute Gasteiger partial charge is 0.493 e. The van der Waals surface area contributed by atoms with Gasteiger partial charge in [0.25, 0.3) is 5.91 Å². The van der Waals surface area contributed by atoms with E-state index in [4.69, 9.17) is 32.7 Å². The summed E-state index contributed by atoms with van der Waals surface area (Å²) in [5.74, 6) is -0.292. The molecule has 2 aromatic carbocycles. The van der Waals surface area contributed by atoms with E-state index in [-0.39, 0.29) is 15.6 Å². The summed E-state index contributed by atoms with van der Waals surface area (Å²) < 4.78 is 23.2. The number of halogens is 3. The minimum absolute atomic E-state index is 0.0972. The molecule has 0 radical (unpaired) electrons. The number of anilines is 1. The molecule has 22 heavy (non-hydrogen) atoms. The van der Waals surface area contributed by atoms with Gasteiger partial charge in [-0.3, -0.25) is 4.79 Å². The van der Waals surface area contributed by atoms with Gasteiger partial charge in [-0.2, -0.15) is 0 Å². The van der Waals surface area contributed by atoms with Gasteiger partial charge in [0.05, 0.1) is 30.0 Å². The number of ether oxygens (including phenoxy) is 2. The van der Waals surface area contributed by atoms with Crippen LogP contribution in [0.5, 0.6) is 11.5 Å². The maximum atomic E-state index is 13.0. The Morgan fingerprint density at radius 3 is 2.41 bits per heavy atom. The number of amides is 1. The number of carbonyl (C=O) groups is 1. The summed E-state index contributed by atoms with van der Waals surface area (Å²) in [7, 11) is 2.88. The Hall–Kier alpha value is -1.98. The Kier molecular flexibility index (Phi) is 5.11. The highest BCUT2D eigenvalue weighted by molar-refractivity contribution is 6.34. The van der Waals surface area contributed by atoms with E-state index in [0.717, 1.165) is 6.07 Å². The SMILES string of the molecule is COc1cc(C(=O)Nc2ccc(F)cc2Cl)cc(Cl)c1OC. The molecule has 0 aliphatic heterocycles. The summed E-state index contributed by atoms with van der Waals surface area (Å²) in [4.78, 5) is 12.3. The molecule has 0 bridgehead atoms. The molecule has 0 saturated carbocycles. The third-order valence-corrected chi connectivity index (χ3v) is 3.47. The van der Waals surface area contributed by atoms with Crippen LogP contribution in [-0.4, -0.2) is 20.1 Å². The Morgan fingerprint density at radius 1 is 1.09 bits per heavy atom. The summed E-state index contributed by atoms with van der Waals surface area (Å²) >= 11 is 11.9. The molecule has 0 fully saturated rings. The maximum Gasteiger partial charge on any atom is 0.255 e. The number of nitrogens with one attached hydrogen (secondary N) is 1. The number of benzene rings is 2. The highest BCUT2D eigenvalue weighted by atomic mass is 35.5. The van der Waals surface area contributed by atoms with Gasteiger partial charge in [-0.1, -0.05) is 23.2 Å². The Labute approximate surface area is 136 Å². The fourth-order valence-corrected chi connectivity index (χ4v) is 2.34. The van der Waals surface area contributed by atoms with Crippen molar-refractivity contribution in [3.63, 3.8) is 0 Å². The van der Waals surface area contributed by atoms with Crippen molar-refractivity contribution >= 4 is 34.8 Å². The molecule has 0 aliphatic rings. The standard InChI is InChI=1S/C15H12Cl2FNO3/c1-21-13-6-8(5-11(17)14(13)22-2)15(20)19-12-4-3-9(18)7-10(12)16/h3-7H,1-2H3,(H,19,20). The molecule has 0 saturated heterocycles. The molecule has 0 spiro atoms. The lowest BCUT2D eigenvalue weighted by molar-refractivity contribution is 0.102. The zero-order chi connectivity index (χ0) is 16.3. The van der Waals surface area contributed by atoms with E-state index in [1.165, 1.54) is 38.5 Å². The average molecular weight is 344 g/mol. The van der Waals surface area contributed by atoms with Gasteiger partial charge in [-0.05, 0) is 30.3 Å². The predicted molar refractivity (Wildman–Crippen MR) is 83.9 cm³/mol. The molecule has 0 aliphatic carbocycles. The van der Waals surface area contributed by atoms with Gasteiger partial charge in [0, 0.05) is 5.56 Å². The number of hydrogen-bond acceptors (Lipinski definition) is 3. The van der Waals surface area contributed by atoms with Gasteiger partial charge in [0.15, 0.2) is 11.5 Å². The maximum absolute atomic E-state index is 13.0. The highest BCUT2D eigenvalue weighted by Gasteiger charge is 2.16. The molecule has 7 heteroatoms. The fourth-order valence-electron chi connectivity index (χ4n) is 1.83. The number of methoxy groups -OCH3 is 2. The number of hydrogen-bond donors (Lipinski definition) is 1. The van der Waals surface area contributed by atoms with Crippen molar-refractivity contribution < 1.29 is 18.7 Å². The van der Waals surface area contributed by atoms with E-state index < -0.39 is 11.7 Å². The molecule has 116 valence electrons. The van der Waals surface area contributed by atoms with Crippen molar-refractivity contribution in [1.29, 1.82) is 0 Å². The van der Waals surface area contributed by atoms with E-state index in [2.05, 4.69) is 5.32 Å². The molecule has 2 aromatic rings. The van der Waals surface area contributed by atoms with E-state index in [1.54, 1.807) is 0 Å². The Balaban J connectivity index is 2.31. The zero-order valence-electron chi connectivity index (χ0n) is 11.7. The molecular formula is C15H12Cl2FNO3. The van der Waals surface area contributed by atoms with E-state index >= 15 is 0 Å². The van der Waals surface area contributed by atoms with Crippen LogP contribution in [0.4, 0.5) is 10.1 Å². The number of carbonyl (C=O) groups excluding carboxylic acids is 1. The molecule has 4 nitrogen and oxygen atoms in total. The normalized spacial score (nSPS) is 10.2. The second-order valence-corrected chi connectivity index (χ2v) is 5.09. The lowest BCUT2D eigenvalue weighted by Crippen LogP contribution is -2.12. The van der Waals surface area contributed by atoms with Gasteiger partial charge in [-0.25, -0.2) is 4.39 Å². The van der Waals surface area contributed by atoms with Crippen LogP contribution in [-0.2, 0) is 0 Å². The molecular weight excluding hydrogens is 332 g/mol. The summed E-state index contributed by atoms with van der Waals surface area (Å²) in [6.07, 6.45) is 0. The van der Waals surface area contributed by atoms with Gasteiger partial charge in [-0.15, -0.1) is 0 Å². The monoisotopic (exact) mass is 343 g/mol. The number of rotatable bonds is 4. The highest BCUT2D eigenvalue weighted by Crippen LogP contribution is 2.36. The van der Waals surface area contributed by atoms with Gasteiger partial charge in [0.1, 0.15) is 5.82 Å². The third-order valence-electron chi connectivity index (χ3n) is 2.88. The van der Waals surface area contributed by atoms with E-state index in [9.17, 15) is 9.18 Å². The van der Waals surface area contributed by atoms with Crippen molar-refractivity contribution in [2.24, 2.45) is 0 Å². The lowest BCUT2D eigenvalue weighted by Gasteiger charge is -2.12. The second-order valence-electron chi connectivity index (χ2n) is 4.27. The van der Waals surface area contributed by atoms with Crippen molar-refractivity contribution in [2.45, 2.75) is 0 Å². The molecule has 0 unspecified atom stereocenters. The van der Waals surface area contributed by atoms with Crippen LogP contribution in [0, 0.1) is 5.82 Å². The minimum atomic E-state index is -0.489. The summed E-state index contributed by atoms with van der Waals surface area (Å²) in [6, 6.07) is 6.60. The summed E-state index contributed by atoms with van der Waals surface area (Å²) in [5.41, 5.74) is 0.544. The molecule has 1 N–H and O–H groups in total. The van der Waals surface area contributed by atoms with Crippen LogP contribution in [0.1, 0.15) is 10.4 Å². The first kappa shape index (κ1) is 16.4. The molecule has 2 rings (SSSR count). The second kappa shape index (κ2) is 6.85. The quantitative estimate of drug-likeness (QED) is 0.894. The van der Waals surface area contributed by atoms with Crippen molar-refractivity contribution in [1.82, 2.24) is 0 Å². The smallest absolute Gasteiger partial charge is 0.255 e. The average Bonchev–Trinajstić information content (AvgIpc) is 2.49. The Morgan fingerprint density at radius 2 is 1.82 bits per heavy atom. The van der Waals surface area contributed by atoms with Crippen LogP contribution < -0.4 is 14.8 Å². The summed E-state index contributed by atoms with van der Waals surface area (Å²) in [5, 5.41) is 2.91. The van der Waals surface area contributed by atoms with Crippen molar-refractivity contribution in [3.8, 4) is 11.5 Å². The van der Waals surface area contributed by atoms with E-state index in [0.29, 0.717) is 17.2 Å². The Bertz CT molecular complexity index is 722. The first-order chi connectivity index (χ1) is 10.5. The summed E-state index contributed by atoms with van der Waals surface area (Å²) in [6.45, 7) is 0. The van der Waals surface area contributed by atoms with E-state index in [1.807, 2.05) is 0 Å². The van der Waals surface area contributed by atoms with Crippen LogP contribution in [0.15, 0.2) is 30.3 Å². The van der Waals surface area contributed by atoms with Gasteiger partial charge in [0.2, 0.25) is 0 Å². The first-order valence-corrected chi connectivity index (χ1v) is 6.89. The molecule has 1 amide bonds. The molecule has 0 atom stereocenters. The minimum Gasteiger partial charge on any atom is -0.493 e. The lowest BCUT2D eigenvalue weighted by atomic mass is 10.1. The van der Waals surface area contributed by atoms with Crippen LogP contribution >= 0.6 is 23.2 Å². The topological polar surface area (TPSA) is 47.6 Å². The van der Waals surface area contributed by atoms with Gasteiger partial charge >= 0.3 is 0 Å². The molecule has 0 heterocycles. The first-order valence-electron chi connectivity index (χ1n) is 6.14. The third kappa shape index (κ3) is 3.43. The predicted octanol–water partition coefficient (Wildman–Crippen LogP) is 4.40. The van der Waals surface area contributed by atoms with Crippen LogP contribution in [0.25, 0.3) is 0 Å².